The van der Waals surface area contributed by atoms with E-state index in [1.807, 2.05) is 39.0 Å². The first-order valence-corrected chi connectivity index (χ1v) is 7.01. The number of carbonyl (C=O) groups is 1. The van der Waals surface area contributed by atoms with Crippen LogP contribution in [0.1, 0.15) is 20.8 Å². The lowest BCUT2D eigenvalue weighted by Crippen LogP contribution is -2.27. The van der Waals surface area contributed by atoms with Crippen LogP contribution in [-0.4, -0.2) is 16.7 Å². The Morgan fingerprint density at radius 1 is 1.44 bits per heavy atom. The van der Waals surface area contributed by atoms with Gasteiger partial charge in [0.05, 0.1) is 10.2 Å². The van der Waals surface area contributed by atoms with Crippen LogP contribution in [0.2, 0.25) is 0 Å². The SMILES string of the molecule is CC(C)(C)OC(=O)Nc1nc2cccc(Br)c2s1. The smallest absolute Gasteiger partial charge is 0.413 e. The number of hydrogen-bond acceptors (Lipinski definition) is 4. The molecule has 4 nitrogen and oxygen atoms in total. The first kappa shape index (κ1) is 13.3. The van der Waals surface area contributed by atoms with E-state index in [0.717, 1.165) is 14.7 Å². The van der Waals surface area contributed by atoms with Gasteiger partial charge in [0.25, 0.3) is 0 Å². The predicted octanol–water partition coefficient (Wildman–Crippen LogP) is 4.41. The Bertz CT molecular complexity index is 589. The van der Waals surface area contributed by atoms with E-state index in [2.05, 4.69) is 26.2 Å². The molecule has 0 aliphatic carbocycles. The standard InChI is InChI=1S/C12H13BrN2O2S/c1-12(2,3)17-11(16)15-10-14-8-6-4-5-7(13)9(8)18-10/h4-6H,1-3H3,(H,14,15,16). The molecule has 0 atom stereocenters. The van der Waals surface area contributed by atoms with Gasteiger partial charge in [-0.3, -0.25) is 5.32 Å². The van der Waals surface area contributed by atoms with Gasteiger partial charge in [0, 0.05) is 4.47 Å². The minimum absolute atomic E-state index is 0.488. The fourth-order valence-corrected chi connectivity index (χ4v) is 2.81. The van der Waals surface area contributed by atoms with Crippen LogP contribution >= 0.6 is 27.3 Å². The number of carbonyl (C=O) groups excluding carboxylic acids is 1. The van der Waals surface area contributed by atoms with E-state index in [0.29, 0.717) is 5.13 Å². The van der Waals surface area contributed by atoms with Crippen molar-refractivity contribution < 1.29 is 9.53 Å². The number of nitrogens with zero attached hydrogens (tertiary/aromatic N) is 1. The topological polar surface area (TPSA) is 51.2 Å². The summed E-state index contributed by atoms with van der Waals surface area (Å²) in [6.45, 7) is 5.46. The van der Waals surface area contributed by atoms with Crippen molar-refractivity contribution in [2.45, 2.75) is 26.4 Å². The van der Waals surface area contributed by atoms with E-state index in [9.17, 15) is 4.79 Å². The first-order valence-electron chi connectivity index (χ1n) is 5.40. The number of amides is 1. The second-order valence-corrected chi connectivity index (χ2v) is 6.59. The molecule has 0 saturated carbocycles. The van der Waals surface area contributed by atoms with Gasteiger partial charge in [-0.2, -0.15) is 0 Å². The summed E-state index contributed by atoms with van der Waals surface area (Å²) in [6.07, 6.45) is -0.488. The fourth-order valence-electron chi connectivity index (χ4n) is 1.36. The first-order chi connectivity index (χ1) is 8.35. The number of fused-ring (bicyclic) bond motifs is 1. The molecule has 1 aromatic carbocycles. The molecule has 1 heterocycles. The second-order valence-electron chi connectivity index (χ2n) is 4.73. The normalized spacial score (nSPS) is 11.6. The molecule has 96 valence electrons. The molecule has 0 bridgehead atoms. The Hall–Kier alpha value is -1.14. The highest BCUT2D eigenvalue weighted by atomic mass is 79.9. The van der Waals surface area contributed by atoms with Gasteiger partial charge in [-0.05, 0) is 48.8 Å². The van der Waals surface area contributed by atoms with Crippen molar-refractivity contribution in [3.05, 3.63) is 22.7 Å². The zero-order chi connectivity index (χ0) is 13.3. The average molecular weight is 329 g/mol. The zero-order valence-corrected chi connectivity index (χ0v) is 12.7. The average Bonchev–Trinajstić information content (AvgIpc) is 2.58. The van der Waals surface area contributed by atoms with Crippen molar-refractivity contribution in [3.63, 3.8) is 0 Å². The number of halogens is 1. The van der Waals surface area contributed by atoms with Crippen LogP contribution in [0.15, 0.2) is 22.7 Å². The molecule has 0 aliphatic rings. The number of aromatic nitrogens is 1. The maximum atomic E-state index is 11.6. The summed E-state index contributed by atoms with van der Waals surface area (Å²) in [7, 11) is 0. The van der Waals surface area contributed by atoms with Gasteiger partial charge in [0.1, 0.15) is 5.60 Å². The number of nitrogens with one attached hydrogen (secondary N) is 1. The second kappa shape index (κ2) is 4.85. The van der Waals surface area contributed by atoms with Crippen molar-refractivity contribution in [1.29, 1.82) is 0 Å². The van der Waals surface area contributed by atoms with E-state index in [4.69, 9.17) is 4.74 Å². The highest BCUT2D eigenvalue weighted by molar-refractivity contribution is 9.10. The molecule has 2 rings (SSSR count). The molecular weight excluding hydrogens is 316 g/mol. The Morgan fingerprint density at radius 2 is 2.17 bits per heavy atom. The predicted molar refractivity (Wildman–Crippen MR) is 77.2 cm³/mol. The molecule has 0 aliphatic heterocycles. The summed E-state index contributed by atoms with van der Waals surface area (Å²) < 4.78 is 7.14. The van der Waals surface area contributed by atoms with Crippen LogP contribution in [0, 0.1) is 0 Å². The van der Waals surface area contributed by atoms with Crippen molar-refractivity contribution >= 4 is 48.7 Å². The quantitative estimate of drug-likeness (QED) is 0.843. The van der Waals surface area contributed by atoms with Gasteiger partial charge in [-0.1, -0.05) is 17.4 Å². The third-order valence-electron chi connectivity index (χ3n) is 1.97. The minimum Gasteiger partial charge on any atom is -0.444 e. The Labute approximate surface area is 117 Å². The monoisotopic (exact) mass is 328 g/mol. The minimum atomic E-state index is -0.513. The summed E-state index contributed by atoms with van der Waals surface area (Å²) in [5.41, 5.74) is 0.335. The maximum Gasteiger partial charge on any atom is 0.413 e. The van der Waals surface area contributed by atoms with Crippen LogP contribution in [0.5, 0.6) is 0 Å². The van der Waals surface area contributed by atoms with E-state index >= 15 is 0 Å². The van der Waals surface area contributed by atoms with E-state index in [1.54, 1.807) is 0 Å². The molecular formula is C12H13BrN2O2S. The molecule has 18 heavy (non-hydrogen) atoms. The van der Waals surface area contributed by atoms with Crippen LogP contribution in [0.4, 0.5) is 9.93 Å². The lowest BCUT2D eigenvalue weighted by Gasteiger charge is -2.18. The van der Waals surface area contributed by atoms with E-state index in [-0.39, 0.29) is 0 Å². The van der Waals surface area contributed by atoms with Gasteiger partial charge in [0.2, 0.25) is 0 Å². The molecule has 0 unspecified atom stereocenters. The Kier molecular flexibility index (Phi) is 3.59. The lowest BCUT2D eigenvalue weighted by atomic mass is 10.2. The maximum absolute atomic E-state index is 11.6. The number of thiazole rings is 1. The van der Waals surface area contributed by atoms with Crippen molar-refractivity contribution in [1.82, 2.24) is 4.98 Å². The van der Waals surface area contributed by atoms with Gasteiger partial charge < -0.3 is 4.74 Å². The van der Waals surface area contributed by atoms with Crippen LogP contribution in [0.25, 0.3) is 10.2 Å². The summed E-state index contributed by atoms with van der Waals surface area (Å²) in [6, 6.07) is 5.75. The number of ether oxygens (including phenoxy) is 1. The molecule has 0 fully saturated rings. The molecule has 2 aromatic rings. The molecule has 0 radical (unpaired) electrons. The van der Waals surface area contributed by atoms with Gasteiger partial charge in [-0.25, -0.2) is 9.78 Å². The highest BCUT2D eigenvalue weighted by Crippen LogP contribution is 2.32. The van der Waals surface area contributed by atoms with Gasteiger partial charge >= 0.3 is 6.09 Å². The van der Waals surface area contributed by atoms with Crippen LogP contribution < -0.4 is 5.32 Å². The number of rotatable bonds is 1. The van der Waals surface area contributed by atoms with Crippen LogP contribution in [-0.2, 0) is 4.74 Å². The Morgan fingerprint density at radius 3 is 2.78 bits per heavy atom. The third-order valence-corrected chi connectivity index (χ3v) is 3.92. The van der Waals surface area contributed by atoms with Crippen molar-refractivity contribution in [2.75, 3.05) is 5.32 Å². The Balaban J connectivity index is 2.18. The largest absolute Gasteiger partial charge is 0.444 e. The number of hydrogen-bond donors (Lipinski definition) is 1. The molecule has 1 amide bonds. The zero-order valence-electron chi connectivity index (χ0n) is 10.3. The van der Waals surface area contributed by atoms with E-state index < -0.39 is 11.7 Å². The summed E-state index contributed by atoms with van der Waals surface area (Å²) in [5.74, 6) is 0. The highest BCUT2D eigenvalue weighted by Gasteiger charge is 2.17. The summed E-state index contributed by atoms with van der Waals surface area (Å²) in [4.78, 5) is 15.9. The fraction of sp³-hybridized carbons (Fsp3) is 0.333. The van der Waals surface area contributed by atoms with Crippen molar-refractivity contribution in [3.8, 4) is 0 Å². The van der Waals surface area contributed by atoms with Gasteiger partial charge in [-0.15, -0.1) is 0 Å². The van der Waals surface area contributed by atoms with Crippen molar-refractivity contribution in [2.24, 2.45) is 0 Å². The molecule has 0 saturated heterocycles. The molecule has 1 N–H and O–H groups in total. The molecule has 1 aromatic heterocycles. The summed E-state index contributed by atoms with van der Waals surface area (Å²) >= 11 is 4.86. The van der Waals surface area contributed by atoms with Crippen LogP contribution in [0.3, 0.4) is 0 Å². The summed E-state index contributed by atoms with van der Waals surface area (Å²) in [5, 5.41) is 3.17. The number of anilines is 1. The van der Waals surface area contributed by atoms with Gasteiger partial charge in [0.15, 0.2) is 5.13 Å². The molecule has 6 heteroatoms. The number of benzene rings is 1. The third kappa shape index (κ3) is 3.20. The van der Waals surface area contributed by atoms with E-state index in [1.165, 1.54) is 11.3 Å². The lowest BCUT2D eigenvalue weighted by molar-refractivity contribution is 0.0636. The molecule has 0 spiro atoms.